The molecule has 1 N–H and O–H groups in total. The van der Waals surface area contributed by atoms with Gasteiger partial charge in [-0.2, -0.15) is 5.10 Å². The molecule has 2 heterocycles. The summed E-state index contributed by atoms with van der Waals surface area (Å²) < 4.78 is 5.30. The number of amides is 3. The van der Waals surface area contributed by atoms with Crippen LogP contribution in [0.15, 0.2) is 35.4 Å². The first-order valence-corrected chi connectivity index (χ1v) is 8.24. The van der Waals surface area contributed by atoms with Gasteiger partial charge < -0.3 is 14.5 Å². The Morgan fingerprint density at radius 1 is 1.04 bits per heavy atom. The summed E-state index contributed by atoms with van der Waals surface area (Å²) in [6, 6.07) is 9.48. The fourth-order valence-corrected chi connectivity index (χ4v) is 2.71. The lowest BCUT2D eigenvalue weighted by Crippen LogP contribution is -2.52. The van der Waals surface area contributed by atoms with Gasteiger partial charge in [-0.05, 0) is 5.56 Å². The van der Waals surface area contributed by atoms with Crippen LogP contribution in [0.5, 0.6) is 0 Å². The van der Waals surface area contributed by atoms with E-state index in [1.165, 1.54) is 0 Å². The molecule has 0 spiro atoms. The van der Waals surface area contributed by atoms with Crippen molar-refractivity contribution in [1.82, 2.24) is 15.2 Å². The summed E-state index contributed by atoms with van der Waals surface area (Å²) in [5.74, 6) is -0.361. The largest absolute Gasteiger partial charge is 0.445 e. The number of nitrogens with zero attached hydrogens (tertiary/aromatic N) is 3. The van der Waals surface area contributed by atoms with Crippen LogP contribution in [0, 0.1) is 0 Å². The van der Waals surface area contributed by atoms with Crippen molar-refractivity contribution in [3.8, 4) is 0 Å². The Morgan fingerprint density at radius 3 is 2.36 bits per heavy atom. The molecule has 2 aliphatic rings. The minimum absolute atomic E-state index is 0.178. The number of piperazine rings is 1. The van der Waals surface area contributed by atoms with E-state index in [2.05, 4.69) is 10.5 Å². The van der Waals surface area contributed by atoms with Gasteiger partial charge in [-0.25, -0.2) is 10.2 Å². The SMILES string of the molecule is O=C1CCC(C(=O)N2CCN(C(=O)OCc3ccccc3)CC2)=NN1. The van der Waals surface area contributed by atoms with E-state index in [0.29, 0.717) is 38.3 Å². The zero-order chi connectivity index (χ0) is 17.6. The van der Waals surface area contributed by atoms with Gasteiger partial charge in [0.25, 0.3) is 5.91 Å². The maximum absolute atomic E-state index is 12.4. The summed E-state index contributed by atoms with van der Waals surface area (Å²) in [6.45, 7) is 1.91. The topological polar surface area (TPSA) is 91.3 Å². The van der Waals surface area contributed by atoms with Crippen molar-refractivity contribution in [3.63, 3.8) is 0 Å². The third-order valence-electron chi connectivity index (χ3n) is 4.18. The Kier molecular flexibility index (Phi) is 5.27. The number of ether oxygens (including phenoxy) is 1. The second-order valence-electron chi connectivity index (χ2n) is 5.91. The molecule has 2 aliphatic heterocycles. The molecule has 1 fully saturated rings. The van der Waals surface area contributed by atoms with Crippen molar-refractivity contribution in [3.05, 3.63) is 35.9 Å². The Balaban J connectivity index is 1.45. The predicted octanol–water partition coefficient (Wildman–Crippen LogP) is 0.733. The average molecular weight is 344 g/mol. The zero-order valence-electron chi connectivity index (χ0n) is 13.8. The average Bonchev–Trinajstić information content (AvgIpc) is 2.67. The van der Waals surface area contributed by atoms with Crippen LogP contribution in [-0.4, -0.2) is 59.6 Å². The highest BCUT2D eigenvalue weighted by atomic mass is 16.6. The highest BCUT2D eigenvalue weighted by molar-refractivity contribution is 6.39. The fourth-order valence-electron chi connectivity index (χ4n) is 2.71. The molecule has 1 aromatic rings. The van der Waals surface area contributed by atoms with Crippen molar-refractivity contribution in [2.75, 3.05) is 26.2 Å². The van der Waals surface area contributed by atoms with E-state index in [0.717, 1.165) is 5.56 Å². The van der Waals surface area contributed by atoms with E-state index in [1.807, 2.05) is 30.3 Å². The Morgan fingerprint density at radius 2 is 1.72 bits per heavy atom. The minimum Gasteiger partial charge on any atom is -0.445 e. The van der Waals surface area contributed by atoms with E-state index in [9.17, 15) is 14.4 Å². The van der Waals surface area contributed by atoms with Crippen molar-refractivity contribution in [1.29, 1.82) is 0 Å². The molecule has 3 amide bonds. The Bertz CT molecular complexity index is 681. The van der Waals surface area contributed by atoms with Crippen LogP contribution in [-0.2, 0) is 20.9 Å². The van der Waals surface area contributed by atoms with Crippen molar-refractivity contribution < 1.29 is 19.1 Å². The van der Waals surface area contributed by atoms with Crippen LogP contribution in [0.3, 0.4) is 0 Å². The standard InChI is InChI=1S/C17H20N4O4/c22-15-7-6-14(18-19-15)16(23)20-8-10-21(11-9-20)17(24)25-12-13-4-2-1-3-5-13/h1-5H,6-12H2,(H,19,22). The summed E-state index contributed by atoms with van der Waals surface area (Å²) in [5, 5.41) is 3.82. The molecule has 0 bridgehead atoms. The molecular weight excluding hydrogens is 324 g/mol. The van der Waals surface area contributed by atoms with Gasteiger partial charge >= 0.3 is 6.09 Å². The monoisotopic (exact) mass is 344 g/mol. The normalized spacial score (nSPS) is 17.6. The Labute approximate surface area is 145 Å². The number of nitrogens with one attached hydrogen (secondary N) is 1. The third kappa shape index (κ3) is 4.34. The molecule has 1 saturated heterocycles. The van der Waals surface area contributed by atoms with Crippen LogP contribution in [0.2, 0.25) is 0 Å². The molecular formula is C17H20N4O4. The van der Waals surface area contributed by atoms with Crippen molar-refractivity contribution in [2.24, 2.45) is 5.10 Å². The second-order valence-corrected chi connectivity index (χ2v) is 5.91. The molecule has 1 aromatic carbocycles. The van der Waals surface area contributed by atoms with Gasteiger partial charge in [-0.3, -0.25) is 9.59 Å². The molecule has 0 saturated carbocycles. The maximum atomic E-state index is 12.4. The minimum atomic E-state index is -0.377. The molecule has 25 heavy (non-hydrogen) atoms. The second kappa shape index (κ2) is 7.78. The molecule has 8 heteroatoms. The number of hydrogen-bond donors (Lipinski definition) is 1. The van der Waals surface area contributed by atoms with E-state index < -0.39 is 0 Å². The third-order valence-corrected chi connectivity index (χ3v) is 4.18. The molecule has 8 nitrogen and oxygen atoms in total. The van der Waals surface area contributed by atoms with Crippen LogP contribution in [0.4, 0.5) is 4.79 Å². The van der Waals surface area contributed by atoms with E-state index in [1.54, 1.807) is 9.80 Å². The van der Waals surface area contributed by atoms with Gasteiger partial charge in [0, 0.05) is 39.0 Å². The van der Waals surface area contributed by atoms with Crippen LogP contribution < -0.4 is 5.43 Å². The van der Waals surface area contributed by atoms with E-state index >= 15 is 0 Å². The van der Waals surface area contributed by atoms with Crippen molar-refractivity contribution >= 4 is 23.6 Å². The summed E-state index contributed by atoms with van der Waals surface area (Å²) in [5.41, 5.74) is 3.62. The quantitative estimate of drug-likeness (QED) is 0.875. The molecule has 0 aliphatic carbocycles. The number of benzene rings is 1. The molecule has 0 atom stereocenters. The molecule has 132 valence electrons. The van der Waals surface area contributed by atoms with Crippen LogP contribution in [0.1, 0.15) is 18.4 Å². The smallest absolute Gasteiger partial charge is 0.410 e. The number of carbonyl (C=O) groups excluding carboxylic acids is 3. The van der Waals surface area contributed by atoms with Crippen LogP contribution >= 0.6 is 0 Å². The molecule has 0 unspecified atom stereocenters. The highest BCUT2D eigenvalue weighted by Crippen LogP contribution is 2.10. The first kappa shape index (κ1) is 16.9. The van der Waals surface area contributed by atoms with Gasteiger partial charge in [0.05, 0.1) is 0 Å². The first-order valence-electron chi connectivity index (χ1n) is 8.24. The highest BCUT2D eigenvalue weighted by Gasteiger charge is 2.28. The predicted molar refractivity (Wildman–Crippen MR) is 89.6 cm³/mol. The van der Waals surface area contributed by atoms with Gasteiger partial charge in [0.2, 0.25) is 5.91 Å². The summed E-state index contributed by atoms with van der Waals surface area (Å²) >= 11 is 0. The van der Waals surface area contributed by atoms with E-state index in [-0.39, 0.29) is 30.9 Å². The number of rotatable bonds is 3. The first-order chi connectivity index (χ1) is 12.1. The number of hydrazone groups is 1. The van der Waals surface area contributed by atoms with Gasteiger partial charge in [0.1, 0.15) is 12.3 Å². The molecule has 0 aromatic heterocycles. The van der Waals surface area contributed by atoms with Gasteiger partial charge in [-0.15, -0.1) is 0 Å². The Hall–Kier alpha value is -2.90. The van der Waals surface area contributed by atoms with Crippen LogP contribution in [0.25, 0.3) is 0 Å². The number of hydrogen-bond acceptors (Lipinski definition) is 5. The van der Waals surface area contributed by atoms with Gasteiger partial charge in [0.15, 0.2) is 0 Å². The van der Waals surface area contributed by atoms with Gasteiger partial charge in [-0.1, -0.05) is 30.3 Å². The lowest BCUT2D eigenvalue weighted by atomic mass is 10.1. The lowest BCUT2D eigenvalue weighted by Gasteiger charge is -2.34. The molecule has 0 radical (unpaired) electrons. The fraction of sp³-hybridized carbons (Fsp3) is 0.412. The van der Waals surface area contributed by atoms with E-state index in [4.69, 9.17) is 4.74 Å². The summed E-state index contributed by atoms with van der Waals surface area (Å²) in [7, 11) is 0. The molecule has 3 rings (SSSR count). The summed E-state index contributed by atoms with van der Waals surface area (Å²) in [4.78, 5) is 38.8. The maximum Gasteiger partial charge on any atom is 0.410 e. The number of carbonyl (C=O) groups is 3. The lowest BCUT2D eigenvalue weighted by molar-refractivity contribution is -0.126. The van der Waals surface area contributed by atoms with Crippen molar-refractivity contribution in [2.45, 2.75) is 19.4 Å². The zero-order valence-corrected chi connectivity index (χ0v) is 13.8. The summed E-state index contributed by atoms with van der Waals surface area (Å²) in [6.07, 6.45) is 0.249.